The van der Waals surface area contributed by atoms with Crippen molar-refractivity contribution in [3.8, 4) is 0 Å². The molecular weight excluding hydrogens is 413 g/mol. The molecule has 0 saturated heterocycles. The fraction of sp³-hybridized carbons (Fsp3) is 0.176. The van der Waals surface area contributed by atoms with Gasteiger partial charge < -0.3 is 15.0 Å². The van der Waals surface area contributed by atoms with E-state index in [1.807, 2.05) is 6.07 Å². The van der Waals surface area contributed by atoms with Gasteiger partial charge in [-0.2, -0.15) is 0 Å². The van der Waals surface area contributed by atoms with Crippen LogP contribution in [-0.2, 0) is 12.4 Å². The van der Waals surface area contributed by atoms with Gasteiger partial charge in [-0.1, -0.05) is 33.6 Å². The highest BCUT2D eigenvalue weighted by Gasteiger charge is 2.21. The molecule has 0 aliphatic rings. The minimum absolute atomic E-state index is 0.0386. The molecule has 0 aliphatic carbocycles. The van der Waals surface area contributed by atoms with E-state index in [2.05, 4.69) is 26.2 Å². The van der Waals surface area contributed by atoms with E-state index in [4.69, 9.17) is 11.6 Å². The highest BCUT2D eigenvalue weighted by Crippen LogP contribution is 2.33. The van der Waals surface area contributed by atoms with Gasteiger partial charge >= 0.3 is 0 Å². The molecule has 3 rings (SSSR count). The number of Topliss-reactive ketones (excluding diaryl/α,β-unsaturated/α-hetero) is 1. The Balaban J connectivity index is 2.17. The lowest BCUT2D eigenvalue weighted by Crippen LogP contribution is -2.10. The maximum absolute atomic E-state index is 15.0. The Kier molecular flexibility index (Phi) is 5.08. The number of fused-ring (bicyclic) bond motifs is 1. The summed E-state index contributed by atoms with van der Waals surface area (Å²) in [4.78, 5) is 16.1. The van der Waals surface area contributed by atoms with Crippen molar-refractivity contribution in [1.29, 1.82) is 0 Å². The molecule has 0 spiro atoms. The first-order valence-corrected chi connectivity index (χ1v) is 8.85. The number of aliphatic hydroxyl groups excluding tert-OH is 1. The van der Waals surface area contributed by atoms with Gasteiger partial charge in [-0.3, -0.25) is 4.79 Å². The number of carbonyl (C=O) groups is 1. The highest BCUT2D eigenvalue weighted by molar-refractivity contribution is 9.08. The average Bonchev–Trinajstić information content (AvgIpc) is 2.99. The minimum Gasteiger partial charge on any atom is -0.388 e. The van der Waals surface area contributed by atoms with Crippen LogP contribution in [0.3, 0.4) is 0 Å². The summed E-state index contributed by atoms with van der Waals surface area (Å²) in [5.41, 5.74) is 1.99. The van der Waals surface area contributed by atoms with Crippen LogP contribution in [0.4, 0.5) is 15.8 Å². The van der Waals surface area contributed by atoms with E-state index in [0.717, 1.165) is 5.56 Å². The van der Waals surface area contributed by atoms with Crippen molar-refractivity contribution in [2.75, 3.05) is 11.9 Å². The van der Waals surface area contributed by atoms with Crippen molar-refractivity contribution in [2.45, 2.75) is 5.33 Å². The summed E-state index contributed by atoms with van der Waals surface area (Å²) in [7, 11) is 1.70. The van der Waals surface area contributed by atoms with Crippen LogP contribution < -0.4 is 5.32 Å². The zero-order valence-corrected chi connectivity index (χ0v) is 15.5. The molecule has 1 heterocycles. The van der Waals surface area contributed by atoms with Crippen LogP contribution in [0.15, 0.2) is 30.6 Å². The molecule has 5 nitrogen and oxygen atoms in total. The Labute approximate surface area is 156 Å². The number of hydrogen-bond acceptors (Lipinski definition) is 4. The van der Waals surface area contributed by atoms with Gasteiger partial charge in [-0.25, -0.2) is 9.37 Å². The van der Waals surface area contributed by atoms with Gasteiger partial charge in [0, 0.05) is 17.9 Å². The Hall–Kier alpha value is -1.96. The Morgan fingerprint density at radius 3 is 2.84 bits per heavy atom. The topological polar surface area (TPSA) is 67.2 Å². The van der Waals surface area contributed by atoms with Crippen molar-refractivity contribution in [3.63, 3.8) is 0 Å². The van der Waals surface area contributed by atoms with Gasteiger partial charge in [0.1, 0.15) is 12.1 Å². The maximum atomic E-state index is 15.0. The molecule has 0 amide bonds. The Morgan fingerprint density at radius 2 is 2.20 bits per heavy atom. The third-order valence-corrected chi connectivity index (χ3v) is 4.81. The second kappa shape index (κ2) is 7.11. The van der Waals surface area contributed by atoms with Gasteiger partial charge in [-0.05, 0) is 23.8 Å². The van der Waals surface area contributed by atoms with E-state index in [0.29, 0.717) is 21.6 Å². The molecule has 0 fully saturated rings. The van der Waals surface area contributed by atoms with Crippen LogP contribution in [0.25, 0.3) is 11.0 Å². The molecule has 25 heavy (non-hydrogen) atoms. The molecular formula is C17H14BrClFN3O2. The lowest BCUT2D eigenvalue weighted by atomic mass is 10.1. The van der Waals surface area contributed by atoms with E-state index in [1.165, 1.54) is 12.4 Å². The lowest BCUT2D eigenvalue weighted by molar-refractivity contribution is 0.0904. The van der Waals surface area contributed by atoms with Crippen LogP contribution in [0, 0.1) is 5.82 Å². The van der Waals surface area contributed by atoms with Gasteiger partial charge in [0.05, 0.1) is 28.2 Å². The number of alkyl halides is 1. The van der Waals surface area contributed by atoms with E-state index >= 15 is 0 Å². The maximum Gasteiger partial charge on any atom is 0.190 e. The van der Waals surface area contributed by atoms with E-state index in [1.54, 1.807) is 23.7 Å². The number of hydrogen-bond donors (Lipinski definition) is 2. The van der Waals surface area contributed by atoms with Crippen LogP contribution in [-0.4, -0.2) is 27.0 Å². The third kappa shape index (κ3) is 3.27. The number of benzene rings is 2. The number of halogens is 3. The van der Waals surface area contributed by atoms with Crippen LogP contribution in [0.1, 0.15) is 15.9 Å². The summed E-state index contributed by atoms with van der Waals surface area (Å²) >= 11 is 9.58. The van der Waals surface area contributed by atoms with Crippen LogP contribution >= 0.6 is 27.5 Å². The molecule has 8 heteroatoms. The van der Waals surface area contributed by atoms with Crippen molar-refractivity contribution < 1.29 is 14.3 Å². The van der Waals surface area contributed by atoms with Gasteiger partial charge in [-0.15, -0.1) is 0 Å². The number of rotatable bonds is 5. The molecule has 0 saturated carbocycles. The molecule has 1 aromatic heterocycles. The summed E-state index contributed by atoms with van der Waals surface area (Å²) < 4.78 is 16.6. The second-order valence-corrected chi connectivity index (χ2v) is 6.46. The highest BCUT2D eigenvalue weighted by atomic mass is 79.9. The molecule has 0 radical (unpaired) electrons. The van der Waals surface area contributed by atoms with Gasteiger partial charge in [0.2, 0.25) is 0 Å². The fourth-order valence-electron chi connectivity index (χ4n) is 2.53. The summed E-state index contributed by atoms with van der Waals surface area (Å²) in [6.45, 7) is -0.728. The number of aryl methyl sites for hydroxylation is 1. The first-order chi connectivity index (χ1) is 12.0. The zero-order chi connectivity index (χ0) is 18.1. The molecule has 3 aromatic rings. The number of imidazole rings is 1. The first kappa shape index (κ1) is 17.8. The summed E-state index contributed by atoms with van der Waals surface area (Å²) in [6.07, 6.45) is 1.46. The average molecular weight is 427 g/mol. The summed E-state index contributed by atoms with van der Waals surface area (Å²) in [6, 6.07) is 6.78. The Morgan fingerprint density at radius 1 is 1.44 bits per heavy atom. The molecule has 0 atom stereocenters. The van der Waals surface area contributed by atoms with Crippen molar-refractivity contribution >= 4 is 55.7 Å². The number of nitrogens with one attached hydrogen (secondary N) is 1. The molecule has 130 valence electrons. The number of ketones is 1. The number of anilines is 2. The summed E-state index contributed by atoms with van der Waals surface area (Å²) in [5, 5.41) is 13.1. The number of aliphatic hydroxyl groups is 1. The zero-order valence-electron chi connectivity index (χ0n) is 13.2. The minimum atomic E-state index is -0.728. The first-order valence-electron chi connectivity index (χ1n) is 7.35. The van der Waals surface area contributed by atoms with Crippen molar-refractivity contribution in [3.05, 3.63) is 52.6 Å². The summed E-state index contributed by atoms with van der Waals surface area (Å²) in [5.74, 6) is -1.27. The van der Waals surface area contributed by atoms with Crippen molar-refractivity contribution in [2.24, 2.45) is 7.05 Å². The largest absolute Gasteiger partial charge is 0.388 e. The normalized spacial score (nSPS) is 11.1. The van der Waals surface area contributed by atoms with Gasteiger partial charge in [0.15, 0.2) is 11.6 Å². The molecule has 0 bridgehead atoms. The standard InChI is InChI=1S/C17H14BrClFN3O2/c1-23-8-21-17-13(23)5-10(14(25)7-24)16(15(17)20)22-12-3-2-9(6-18)4-11(12)19/h2-5,8,22,24H,6-7H2,1H3. The monoisotopic (exact) mass is 425 g/mol. The molecule has 0 unspecified atom stereocenters. The SMILES string of the molecule is Cn1cnc2c(F)c(Nc3ccc(CBr)cc3Cl)c(C(=O)CO)cc21. The van der Waals surface area contributed by atoms with E-state index in [9.17, 15) is 14.3 Å². The van der Waals surface area contributed by atoms with Gasteiger partial charge in [0.25, 0.3) is 0 Å². The third-order valence-electron chi connectivity index (χ3n) is 3.85. The lowest BCUT2D eigenvalue weighted by Gasteiger charge is -2.14. The smallest absolute Gasteiger partial charge is 0.190 e. The predicted octanol–water partition coefficient (Wildman–Crippen LogP) is 4.18. The predicted molar refractivity (Wildman–Crippen MR) is 99.5 cm³/mol. The second-order valence-electron chi connectivity index (χ2n) is 5.49. The van der Waals surface area contributed by atoms with Crippen LogP contribution in [0.5, 0.6) is 0 Å². The fourth-order valence-corrected chi connectivity index (χ4v) is 3.13. The van der Waals surface area contributed by atoms with Crippen LogP contribution in [0.2, 0.25) is 5.02 Å². The quantitative estimate of drug-likeness (QED) is 0.474. The van der Waals surface area contributed by atoms with Crippen molar-refractivity contribution in [1.82, 2.24) is 9.55 Å². The number of nitrogens with zero attached hydrogens (tertiary/aromatic N) is 2. The Bertz CT molecular complexity index is 974. The number of carbonyl (C=O) groups excluding carboxylic acids is 1. The number of aromatic nitrogens is 2. The molecule has 2 N–H and O–H groups in total. The van der Waals surface area contributed by atoms with E-state index < -0.39 is 18.2 Å². The van der Waals surface area contributed by atoms with E-state index in [-0.39, 0.29) is 16.8 Å². The molecule has 0 aliphatic heterocycles. The molecule has 2 aromatic carbocycles.